The molecule has 12 nitrogen and oxygen atoms in total. The van der Waals surface area contributed by atoms with Gasteiger partial charge in [0.15, 0.2) is 0 Å². The molecule has 0 radical (unpaired) electrons. The number of primary amides is 1. The molecule has 1 saturated heterocycles. The number of aromatic nitrogens is 2. The van der Waals surface area contributed by atoms with Gasteiger partial charge >= 0.3 is 0 Å². The molecule has 2 amide bonds. The molecular weight excluding hydrogens is 612 g/mol. The lowest BCUT2D eigenvalue weighted by Crippen LogP contribution is -2.47. The lowest BCUT2D eigenvalue weighted by molar-refractivity contribution is -0.133. The summed E-state index contributed by atoms with van der Waals surface area (Å²) in [6.45, 7) is 7.84. The summed E-state index contributed by atoms with van der Waals surface area (Å²) >= 11 is 0. The monoisotopic (exact) mass is 670 g/mol. The topological polar surface area (TPSA) is 185 Å². The minimum Gasteiger partial charge on any atom is -0.394 e. The molecule has 0 saturated carbocycles. The van der Waals surface area contributed by atoms with Gasteiger partial charge in [0.1, 0.15) is 17.9 Å². The van der Waals surface area contributed by atoms with Crippen LogP contribution in [0.15, 0.2) is 36.7 Å². The Kier molecular flexibility index (Phi) is 17.4. The molecule has 2 aromatic rings. The fourth-order valence-corrected chi connectivity index (χ4v) is 6.45. The summed E-state index contributed by atoms with van der Waals surface area (Å²) < 4.78 is 0. The summed E-state index contributed by atoms with van der Waals surface area (Å²) in [4.78, 5) is 37.7. The van der Waals surface area contributed by atoms with E-state index in [0.717, 1.165) is 58.0 Å². The predicted molar refractivity (Wildman–Crippen MR) is 185 cm³/mol. The van der Waals surface area contributed by atoms with E-state index < -0.39 is 30.8 Å². The Morgan fingerprint density at radius 3 is 2.44 bits per heavy atom. The number of aryl methyl sites for hydroxylation is 1. The summed E-state index contributed by atoms with van der Waals surface area (Å²) in [5.74, 6) is 0.128. The van der Waals surface area contributed by atoms with Crippen molar-refractivity contribution in [1.29, 1.82) is 0 Å². The number of aliphatic hydroxyl groups is 4. The highest BCUT2D eigenvalue weighted by Crippen LogP contribution is 2.20. The first-order valence-corrected chi connectivity index (χ1v) is 17.6. The molecule has 12 heteroatoms. The molecular formula is C36H58N6O6. The van der Waals surface area contributed by atoms with Crippen LogP contribution >= 0.6 is 0 Å². The Balaban J connectivity index is 1.49. The molecule has 268 valence electrons. The molecule has 48 heavy (non-hydrogen) atoms. The maximum absolute atomic E-state index is 13.2. The number of unbranched alkanes of at least 4 members (excludes halogenated alkanes) is 3. The molecule has 1 aliphatic rings. The molecule has 7 N–H and O–H groups in total. The molecule has 1 aromatic carbocycles. The number of nitrogens with one attached hydrogen (secondary N) is 1. The standard InChI is InChI=1S/C36H58N6O6/c1-3-4-5-8-16-41(24-31(44)35(47)32(45)25-43)17-13-33(46)42-18-11-27(12-19-42)22-38-23-28(20-29-10-7-6-9-26(29)2)21-30-34(36(37)48)40-15-14-39-30/h6-7,9-10,14-15,27-28,31-32,35,38,43-45,47H,3-5,8,11-13,16-25H2,1-2H3,(H2,37,48)/t28-,31+,32-,35-/m1/s1. The average Bonchev–Trinajstić information content (AvgIpc) is 3.09. The van der Waals surface area contributed by atoms with E-state index in [1.165, 1.54) is 17.3 Å². The van der Waals surface area contributed by atoms with Crippen molar-refractivity contribution in [1.82, 2.24) is 25.1 Å². The number of carbonyl (C=O) groups excluding carboxylic acids is 2. The molecule has 2 heterocycles. The molecule has 0 unspecified atom stereocenters. The van der Waals surface area contributed by atoms with Crippen molar-refractivity contribution in [3.63, 3.8) is 0 Å². The smallest absolute Gasteiger partial charge is 0.269 e. The van der Waals surface area contributed by atoms with Gasteiger partial charge in [0.2, 0.25) is 5.91 Å². The highest BCUT2D eigenvalue weighted by molar-refractivity contribution is 5.91. The zero-order chi connectivity index (χ0) is 34.9. The number of piperidine rings is 1. The van der Waals surface area contributed by atoms with E-state index in [1.807, 2.05) is 21.9 Å². The number of carbonyl (C=O) groups is 2. The fraction of sp³-hybridized carbons (Fsp3) is 0.667. The van der Waals surface area contributed by atoms with Gasteiger partial charge in [0.05, 0.1) is 18.4 Å². The number of nitrogens with two attached hydrogens (primary N) is 1. The van der Waals surface area contributed by atoms with Crippen molar-refractivity contribution in [2.24, 2.45) is 17.6 Å². The van der Waals surface area contributed by atoms with Crippen LogP contribution in [0.4, 0.5) is 0 Å². The van der Waals surface area contributed by atoms with E-state index in [0.29, 0.717) is 50.6 Å². The second-order valence-electron chi connectivity index (χ2n) is 13.3. The van der Waals surface area contributed by atoms with Crippen molar-refractivity contribution in [2.45, 2.75) is 89.9 Å². The number of benzene rings is 1. The number of aliphatic hydroxyl groups excluding tert-OH is 4. The molecule has 1 fully saturated rings. The highest BCUT2D eigenvalue weighted by Gasteiger charge is 2.27. The minimum absolute atomic E-state index is 0.0814. The maximum atomic E-state index is 13.2. The molecule has 1 aromatic heterocycles. The van der Waals surface area contributed by atoms with Crippen LogP contribution in [0.1, 0.15) is 79.2 Å². The third-order valence-electron chi connectivity index (χ3n) is 9.48. The van der Waals surface area contributed by atoms with E-state index in [-0.39, 0.29) is 24.1 Å². The van der Waals surface area contributed by atoms with Crippen LogP contribution in [-0.2, 0) is 17.6 Å². The minimum atomic E-state index is -1.45. The number of likely N-dealkylation sites (tertiary alicyclic amines) is 1. The molecule has 0 bridgehead atoms. The average molecular weight is 671 g/mol. The Labute approximate surface area is 285 Å². The quantitative estimate of drug-likeness (QED) is 0.100. The van der Waals surface area contributed by atoms with E-state index in [1.54, 1.807) is 6.20 Å². The van der Waals surface area contributed by atoms with Gasteiger partial charge in [-0.1, -0.05) is 50.5 Å². The van der Waals surface area contributed by atoms with E-state index >= 15 is 0 Å². The molecule has 1 aliphatic heterocycles. The Bertz CT molecular complexity index is 1240. The van der Waals surface area contributed by atoms with Crippen LogP contribution in [0.25, 0.3) is 0 Å². The van der Waals surface area contributed by atoms with E-state index in [4.69, 9.17) is 10.8 Å². The number of amides is 2. The first-order valence-electron chi connectivity index (χ1n) is 17.6. The van der Waals surface area contributed by atoms with Crippen molar-refractivity contribution >= 4 is 11.8 Å². The number of nitrogens with zero attached hydrogens (tertiary/aromatic N) is 4. The predicted octanol–water partition coefficient (Wildman–Crippen LogP) is 1.46. The number of hydrogen-bond donors (Lipinski definition) is 6. The van der Waals surface area contributed by atoms with Gasteiger partial charge in [0.25, 0.3) is 5.91 Å². The van der Waals surface area contributed by atoms with Crippen molar-refractivity contribution in [3.8, 4) is 0 Å². The largest absolute Gasteiger partial charge is 0.394 e. The van der Waals surface area contributed by atoms with Crippen molar-refractivity contribution in [2.75, 3.05) is 52.4 Å². The molecule has 0 aliphatic carbocycles. The lowest BCUT2D eigenvalue weighted by Gasteiger charge is -2.33. The van der Waals surface area contributed by atoms with Gasteiger partial charge in [-0.3, -0.25) is 14.6 Å². The van der Waals surface area contributed by atoms with Gasteiger partial charge in [0, 0.05) is 45.0 Å². The van der Waals surface area contributed by atoms with Crippen molar-refractivity contribution in [3.05, 3.63) is 59.2 Å². The number of hydrogen-bond acceptors (Lipinski definition) is 10. The fourth-order valence-electron chi connectivity index (χ4n) is 6.45. The SMILES string of the molecule is CCCCCCN(CCC(=O)N1CCC(CNC[C@H](Cc2ccccc2C)Cc2nccnc2C(N)=O)CC1)C[C@H](O)[C@@H](O)[C@H](O)CO. The van der Waals surface area contributed by atoms with Crippen LogP contribution in [0.2, 0.25) is 0 Å². The van der Waals surface area contributed by atoms with Gasteiger partial charge in [-0.2, -0.15) is 0 Å². The van der Waals surface area contributed by atoms with Gasteiger partial charge in [-0.05, 0) is 81.6 Å². The van der Waals surface area contributed by atoms with E-state index in [9.17, 15) is 24.9 Å². The second-order valence-corrected chi connectivity index (χ2v) is 13.3. The molecule has 3 rings (SSSR count). The Morgan fingerprint density at radius 1 is 1.02 bits per heavy atom. The summed E-state index contributed by atoms with van der Waals surface area (Å²) in [5, 5.41) is 43.1. The summed E-state index contributed by atoms with van der Waals surface area (Å²) in [5.41, 5.74) is 8.90. The Morgan fingerprint density at radius 2 is 1.75 bits per heavy atom. The van der Waals surface area contributed by atoms with Crippen LogP contribution in [0.3, 0.4) is 0 Å². The van der Waals surface area contributed by atoms with Crippen LogP contribution in [0, 0.1) is 18.8 Å². The van der Waals surface area contributed by atoms with Crippen LogP contribution in [0.5, 0.6) is 0 Å². The molecule has 4 atom stereocenters. The van der Waals surface area contributed by atoms with Gasteiger partial charge in [-0.15, -0.1) is 0 Å². The summed E-state index contributed by atoms with van der Waals surface area (Å²) in [7, 11) is 0. The molecule has 0 spiro atoms. The summed E-state index contributed by atoms with van der Waals surface area (Å²) in [6, 6.07) is 8.32. The van der Waals surface area contributed by atoms with E-state index in [2.05, 4.69) is 41.3 Å². The summed E-state index contributed by atoms with van der Waals surface area (Å²) in [6.07, 6.45) is 6.70. The lowest BCUT2D eigenvalue weighted by atomic mass is 9.91. The maximum Gasteiger partial charge on any atom is 0.269 e. The number of rotatable bonds is 22. The van der Waals surface area contributed by atoms with Crippen LogP contribution < -0.4 is 11.1 Å². The first kappa shape index (κ1) is 39.4. The normalized spacial score (nSPS) is 16.5. The zero-order valence-corrected chi connectivity index (χ0v) is 28.8. The highest BCUT2D eigenvalue weighted by atomic mass is 16.4. The Hall–Kier alpha value is -3.00. The van der Waals surface area contributed by atoms with Gasteiger partial charge < -0.3 is 41.3 Å². The first-order chi connectivity index (χ1) is 23.1. The van der Waals surface area contributed by atoms with Crippen LogP contribution in [-0.4, -0.2) is 123 Å². The third kappa shape index (κ3) is 13.1. The second kappa shape index (κ2) is 21.2. The van der Waals surface area contributed by atoms with Crippen molar-refractivity contribution < 1.29 is 30.0 Å². The van der Waals surface area contributed by atoms with Gasteiger partial charge in [-0.25, -0.2) is 4.98 Å². The zero-order valence-electron chi connectivity index (χ0n) is 28.8. The third-order valence-corrected chi connectivity index (χ3v) is 9.48.